The number of nitrogens with one attached hydrogen (secondary N) is 1. The van der Waals surface area contributed by atoms with Gasteiger partial charge in [-0.15, -0.1) is 0 Å². The smallest absolute Gasteiger partial charge is 0.338 e. The highest BCUT2D eigenvalue weighted by atomic mass is 19.1. The fourth-order valence-electron chi connectivity index (χ4n) is 3.56. The van der Waals surface area contributed by atoms with Gasteiger partial charge in [0.2, 0.25) is 0 Å². The van der Waals surface area contributed by atoms with Gasteiger partial charge in [0.25, 0.3) is 5.91 Å². The number of benzene rings is 2. The molecular formula is C25H22FN3O3. The lowest BCUT2D eigenvalue weighted by Gasteiger charge is -2.15. The summed E-state index contributed by atoms with van der Waals surface area (Å²) in [6.07, 6.45) is 1.47. The minimum atomic E-state index is -0.703. The molecule has 0 saturated carbocycles. The number of ether oxygens (including phenoxy) is 1. The zero-order valence-corrected chi connectivity index (χ0v) is 18.2. The molecule has 162 valence electrons. The number of amides is 1. The summed E-state index contributed by atoms with van der Waals surface area (Å²) in [7, 11) is 1.33. The van der Waals surface area contributed by atoms with Gasteiger partial charge in [-0.2, -0.15) is 5.26 Å². The van der Waals surface area contributed by atoms with Crippen LogP contribution in [0.4, 0.5) is 10.1 Å². The summed E-state index contributed by atoms with van der Waals surface area (Å²) in [4.78, 5) is 24.6. The lowest BCUT2D eigenvalue weighted by Crippen LogP contribution is -2.14. The number of anilines is 1. The number of halogens is 1. The number of hydrogen-bond donors (Lipinski definition) is 1. The molecule has 2 aromatic carbocycles. The molecule has 0 spiro atoms. The highest BCUT2D eigenvalue weighted by Crippen LogP contribution is 2.27. The third-order valence-corrected chi connectivity index (χ3v) is 5.21. The number of carbonyl (C=O) groups excluding carboxylic acids is 2. The summed E-state index contributed by atoms with van der Waals surface area (Å²) in [5, 5.41) is 12.0. The number of aromatic nitrogens is 1. The number of carbonyl (C=O) groups is 2. The first-order valence-electron chi connectivity index (χ1n) is 9.83. The van der Waals surface area contributed by atoms with E-state index in [4.69, 9.17) is 4.74 Å². The predicted octanol–water partition coefficient (Wildman–Crippen LogP) is 4.87. The number of aryl methyl sites for hydroxylation is 1. The Morgan fingerprint density at radius 3 is 2.50 bits per heavy atom. The molecule has 1 N–H and O–H groups in total. The average Bonchev–Trinajstić information content (AvgIpc) is 3.06. The molecule has 7 heteroatoms. The Labute approximate surface area is 185 Å². The minimum Gasteiger partial charge on any atom is -0.465 e. The number of rotatable bonds is 5. The fraction of sp³-hybridized carbons (Fsp3) is 0.160. The van der Waals surface area contributed by atoms with Crippen LogP contribution in [0.1, 0.15) is 32.9 Å². The van der Waals surface area contributed by atoms with E-state index in [0.29, 0.717) is 11.1 Å². The first kappa shape index (κ1) is 22.5. The van der Waals surface area contributed by atoms with Crippen molar-refractivity contribution in [3.63, 3.8) is 0 Å². The lowest BCUT2D eigenvalue weighted by atomic mass is 10.1. The van der Waals surface area contributed by atoms with E-state index in [1.807, 2.05) is 43.5 Å². The third-order valence-electron chi connectivity index (χ3n) is 5.21. The topological polar surface area (TPSA) is 84.1 Å². The quantitative estimate of drug-likeness (QED) is 0.355. The van der Waals surface area contributed by atoms with Crippen LogP contribution in [0.15, 0.2) is 54.1 Å². The van der Waals surface area contributed by atoms with Gasteiger partial charge in [0.05, 0.1) is 18.4 Å². The average molecular weight is 431 g/mol. The molecule has 1 amide bonds. The Morgan fingerprint density at radius 2 is 1.84 bits per heavy atom. The molecular weight excluding hydrogens is 409 g/mol. The Balaban J connectivity index is 2.01. The van der Waals surface area contributed by atoms with Crippen LogP contribution in [0, 0.1) is 37.9 Å². The Kier molecular flexibility index (Phi) is 6.55. The normalized spacial score (nSPS) is 11.1. The first-order valence-corrected chi connectivity index (χ1v) is 9.83. The van der Waals surface area contributed by atoms with Crippen LogP contribution < -0.4 is 5.32 Å². The number of hydrogen-bond acceptors (Lipinski definition) is 4. The van der Waals surface area contributed by atoms with Crippen molar-refractivity contribution in [2.75, 3.05) is 12.4 Å². The minimum absolute atomic E-state index is 0.000581. The van der Waals surface area contributed by atoms with E-state index in [9.17, 15) is 19.2 Å². The second-order valence-electron chi connectivity index (χ2n) is 7.21. The van der Waals surface area contributed by atoms with Crippen molar-refractivity contribution >= 4 is 23.6 Å². The van der Waals surface area contributed by atoms with E-state index in [2.05, 4.69) is 5.32 Å². The van der Waals surface area contributed by atoms with Crippen molar-refractivity contribution in [3.05, 3.63) is 88.0 Å². The highest BCUT2D eigenvalue weighted by molar-refractivity contribution is 6.09. The van der Waals surface area contributed by atoms with Crippen molar-refractivity contribution < 1.29 is 18.7 Å². The lowest BCUT2D eigenvalue weighted by molar-refractivity contribution is -0.112. The fourth-order valence-corrected chi connectivity index (χ4v) is 3.56. The second-order valence-corrected chi connectivity index (χ2v) is 7.21. The van der Waals surface area contributed by atoms with Crippen molar-refractivity contribution in [1.29, 1.82) is 5.26 Å². The van der Waals surface area contributed by atoms with Crippen LogP contribution in [-0.2, 0) is 9.53 Å². The molecule has 0 radical (unpaired) electrons. The highest BCUT2D eigenvalue weighted by Gasteiger charge is 2.18. The summed E-state index contributed by atoms with van der Waals surface area (Å²) < 4.78 is 20.7. The van der Waals surface area contributed by atoms with Gasteiger partial charge in [-0.3, -0.25) is 4.79 Å². The van der Waals surface area contributed by atoms with Gasteiger partial charge in [0.1, 0.15) is 17.5 Å². The standard InChI is InChI=1S/C25H22FN3O3/c1-15-12-18(13-19(14-27)24(30)28-22-10-6-5-9-21(22)26)17(3)29(15)23-11-7-8-20(16(23)2)25(31)32-4/h5-13H,1-4H3,(H,28,30)/b19-13+. The third kappa shape index (κ3) is 4.30. The monoisotopic (exact) mass is 431 g/mol. The van der Waals surface area contributed by atoms with Crippen molar-refractivity contribution in [2.24, 2.45) is 0 Å². The maximum atomic E-state index is 13.9. The van der Waals surface area contributed by atoms with Gasteiger partial charge in [0, 0.05) is 17.1 Å². The maximum absolute atomic E-state index is 13.9. The summed E-state index contributed by atoms with van der Waals surface area (Å²) in [6, 6.07) is 14.8. The zero-order valence-electron chi connectivity index (χ0n) is 18.2. The van der Waals surface area contributed by atoms with E-state index in [1.165, 1.54) is 31.4 Å². The van der Waals surface area contributed by atoms with Gasteiger partial charge in [0.15, 0.2) is 0 Å². The summed E-state index contributed by atoms with van der Waals surface area (Å²) in [6.45, 7) is 5.57. The maximum Gasteiger partial charge on any atom is 0.338 e. The van der Waals surface area contributed by atoms with Gasteiger partial charge in [-0.05, 0) is 68.3 Å². The summed E-state index contributed by atoms with van der Waals surface area (Å²) >= 11 is 0. The van der Waals surface area contributed by atoms with Crippen LogP contribution >= 0.6 is 0 Å². The Bertz CT molecular complexity index is 1280. The zero-order chi connectivity index (χ0) is 23.4. The van der Waals surface area contributed by atoms with Crippen LogP contribution in [0.5, 0.6) is 0 Å². The van der Waals surface area contributed by atoms with E-state index >= 15 is 0 Å². The number of nitriles is 1. The van der Waals surface area contributed by atoms with Gasteiger partial charge < -0.3 is 14.6 Å². The summed E-state index contributed by atoms with van der Waals surface area (Å²) in [5.74, 6) is -1.72. The SMILES string of the molecule is COC(=O)c1cccc(-n2c(C)cc(/C=C(\C#N)C(=O)Nc3ccccc3F)c2C)c1C. The molecule has 1 aromatic heterocycles. The second kappa shape index (κ2) is 9.31. The Morgan fingerprint density at radius 1 is 1.12 bits per heavy atom. The van der Waals surface area contributed by atoms with Gasteiger partial charge in [-0.25, -0.2) is 9.18 Å². The largest absolute Gasteiger partial charge is 0.465 e. The van der Waals surface area contributed by atoms with Gasteiger partial charge in [-0.1, -0.05) is 18.2 Å². The molecule has 1 heterocycles. The molecule has 0 fully saturated rings. The summed E-state index contributed by atoms with van der Waals surface area (Å²) in [5.41, 5.74) is 4.12. The molecule has 0 saturated heterocycles. The molecule has 0 aliphatic heterocycles. The van der Waals surface area contributed by atoms with Crippen LogP contribution in [-0.4, -0.2) is 23.6 Å². The number of methoxy groups -OCH3 is 1. The van der Waals surface area contributed by atoms with Crippen LogP contribution in [0.2, 0.25) is 0 Å². The Hall–Kier alpha value is -4.18. The van der Waals surface area contributed by atoms with E-state index < -0.39 is 17.7 Å². The van der Waals surface area contributed by atoms with E-state index in [-0.39, 0.29) is 11.3 Å². The molecule has 32 heavy (non-hydrogen) atoms. The molecule has 0 atom stereocenters. The van der Waals surface area contributed by atoms with Crippen LogP contribution in [0.25, 0.3) is 11.8 Å². The van der Waals surface area contributed by atoms with Crippen molar-refractivity contribution in [3.8, 4) is 11.8 Å². The van der Waals surface area contributed by atoms with E-state index in [1.54, 1.807) is 18.2 Å². The van der Waals surface area contributed by atoms with E-state index in [0.717, 1.165) is 22.6 Å². The number of esters is 1. The molecule has 6 nitrogen and oxygen atoms in total. The molecule has 0 bridgehead atoms. The first-order chi connectivity index (χ1) is 15.3. The van der Waals surface area contributed by atoms with Crippen LogP contribution in [0.3, 0.4) is 0 Å². The molecule has 3 aromatic rings. The molecule has 0 unspecified atom stereocenters. The molecule has 0 aliphatic carbocycles. The van der Waals surface area contributed by atoms with Gasteiger partial charge >= 0.3 is 5.97 Å². The molecule has 3 rings (SSSR count). The number of nitrogens with zero attached hydrogens (tertiary/aromatic N) is 2. The van der Waals surface area contributed by atoms with Crippen molar-refractivity contribution in [1.82, 2.24) is 4.57 Å². The van der Waals surface area contributed by atoms with Crippen molar-refractivity contribution in [2.45, 2.75) is 20.8 Å². The number of para-hydroxylation sites is 1. The predicted molar refractivity (Wildman–Crippen MR) is 120 cm³/mol. The molecule has 0 aliphatic rings.